The Labute approximate surface area is 181 Å². The summed E-state index contributed by atoms with van der Waals surface area (Å²) in [5.41, 5.74) is 2.12. The van der Waals surface area contributed by atoms with E-state index < -0.39 is 0 Å². The van der Waals surface area contributed by atoms with E-state index in [9.17, 15) is 0 Å². The topological polar surface area (TPSA) is 9.72 Å². The van der Waals surface area contributed by atoms with Crippen LogP contribution in [0.25, 0.3) is 0 Å². The Bertz CT molecular complexity index is 535. The Morgan fingerprint density at radius 3 is 1.38 bits per heavy atom. The lowest BCUT2D eigenvalue weighted by Gasteiger charge is -2.56. The Kier molecular flexibility index (Phi) is 5.93. The van der Waals surface area contributed by atoms with Gasteiger partial charge in [-0.05, 0) is 149 Å². The lowest BCUT2D eigenvalue weighted by atomic mass is 9.57. The number of likely N-dealkylation sites (tertiary alicyclic amines) is 3. The average Bonchev–Trinajstić information content (AvgIpc) is 2.62. The molecule has 1 aliphatic carbocycles. The first-order valence-corrected chi connectivity index (χ1v) is 12.7. The predicted molar refractivity (Wildman–Crippen MR) is 124 cm³/mol. The molecule has 0 atom stereocenters. The molecule has 4 fully saturated rings. The van der Waals surface area contributed by atoms with E-state index >= 15 is 0 Å². The lowest BCUT2D eigenvalue weighted by Crippen LogP contribution is -2.55. The summed E-state index contributed by atoms with van der Waals surface area (Å²) in [5.74, 6) is 0.993. The molecule has 4 aliphatic rings. The number of rotatable bonds is 2. The highest BCUT2D eigenvalue weighted by Gasteiger charge is 2.47. The molecule has 0 aromatic rings. The van der Waals surface area contributed by atoms with E-state index in [0.29, 0.717) is 16.5 Å². The van der Waals surface area contributed by atoms with Crippen molar-refractivity contribution in [3.05, 3.63) is 0 Å². The van der Waals surface area contributed by atoms with Gasteiger partial charge in [-0.3, -0.25) is 9.80 Å². The van der Waals surface area contributed by atoms with Crippen molar-refractivity contribution in [3.63, 3.8) is 0 Å². The Balaban J connectivity index is 1.17. The first-order valence-electron chi connectivity index (χ1n) is 12.7. The van der Waals surface area contributed by atoms with Gasteiger partial charge in [0.1, 0.15) is 0 Å². The molecule has 3 saturated heterocycles. The van der Waals surface area contributed by atoms with E-state index in [1.165, 1.54) is 97.2 Å². The number of nitrogens with zero attached hydrogens (tertiary/aromatic N) is 3. The maximum Gasteiger partial charge on any atom is 0.0125 e. The van der Waals surface area contributed by atoms with Crippen molar-refractivity contribution in [2.45, 2.75) is 104 Å². The summed E-state index contributed by atoms with van der Waals surface area (Å²) in [6.07, 6.45) is 11.7. The largest absolute Gasteiger partial charge is 0.303 e. The van der Waals surface area contributed by atoms with Crippen LogP contribution in [0.1, 0.15) is 92.9 Å². The molecule has 29 heavy (non-hydrogen) atoms. The van der Waals surface area contributed by atoms with E-state index in [1.54, 1.807) is 0 Å². The van der Waals surface area contributed by atoms with Crippen LogP contribution >= 0.6 is 0 Å². The van der Waals surface area contributed by atoms with E-state index in [-0.39, 0.29) is 0 Å². The summed E-state index contributed by atoms with van der Waals surface area (Å²) < 4.78 is 0. The standard InChI is InChI=1S/C26H49N3/c1-23(2,3)28-15-9-25(10-16-28)7-13-27(14-8-25)21-22-19-26(20-22)11-17-29(18-12-26)24(4,5)6/h22H,7-21H2,1-6H3. The zero-order chi connectivity index (χ0) is 20.9. The molecule has 3 heteroatoms. The van der Waals surface area contributed by atoms with Gasteiger partial charge >= 0.3 is 0 Å². The third kappa shape index (κ3) is 4.88. The third-order valence-electron chi connectivity index (χ3n) is 9.42. The van der Waals surface area contributed by atoms with Gasteiger partial charge in [0.15, 0.2) is 0 Å². The monoisotopic (exact) mass is 403 g/mol. The Morgan fingerprint density at radius 1 is 0.586 bits per heavy atom. The van der Waals surface area contributed by atoms with Crippen LogP contribution in [-0.4, -0.2) is 71.6 Å². The lowest BCUT2D eigenvalue weighted by molar-refractivity contribution is -0.0538. The van der Waals surface area contributed by atoms with Crippen molar-refractivity contribution in [1.29, 1.82) is 0 Å². The SMILES string of the molecule is CC(C)(C)N1CCC2(CCN(CC3CC4(CCN(C(C)(C)C)CC4)C3)CC2)CC1. The van der Waals surface area contributed by atoms with Crippen LogP contribution in [0.4, 0.5) is 0 Å². The normalized spacial score (nSPS) is 30.0. The molecule has 0 radical (unpaired) electrons. The van der Waals surface area contributed by atoms with Crippen LogP contribution in [0, 0.1) is 16.7 Å². The van der Waals surface area contributed by atoms with Crippen molar-refractivity contribution in [2.24, 2.45) is 16.7 Å². The molecule has 168 valence electrons. The van der Waals surface area contributed by atoms with Gasteiger partial charge in [-0.1, -0.05) is 0 Å². The first kappa shape index (κ1) is 22.1. The maximum atomic E-state index is 2.84. The molecule has 0 unspecified atom stereocenters. The minimum Gasteiger partial charge on any atom is -0.303 e. The summed E-state index contributed by atoms with van der Waals surface area (Å²) in [7, 11) is 0. The smallest absolute Gasteiger partial charge is 0.0125 e. The van der Waals surface area contributed by atoms with Crippen molar-refractivity contribution in [1.82, 2.24) is 14.7 Å². The van der Waals surface area contributed by atoms with E-state index in [1.807, 2.05) is 0 Å². The zero-order valence-corrected chi connectivity index (χ0v) is 20.5. The van der Waals surface area contributed by atoms with Gasteiger partial charge in [0, 0.05) is 17.6 Å². The van der Waals surface area contributed by atoms with Crippen molar-refractivity contribution in [3.8, 4) is 0 Å². The predicted octanol–water partition coefficient (Wildman–Crippen LogP) is 5.25. The molecule has 0 aromatic heterocycles. The Hall–Kier alpha value is -0.120. The molecule has 3 heterocycles. The molecule has 0 aromatic carbocycles. The second kappa shape index (κ2) is 7.78. The number of piperidine rings is 3. The number of hydrogen-bond donors (Lipinski definition) is 0. The third-order valence-corrected chi connectivity index (χ3v) is 9.42. The maximum absolute atomic E-state index is 2.84. The van der Waals surface area contributed by atoms with E-state index in [0.717, 1.165) is 11.3 Å². The molecular weight excluding hydrogens is 354 g/mol. The van der Waals surface area contributed by atoms with Crippen LogP contribution in [0.5, 0.6) is 0 Å². The minimum atomic E-state index is 0.353. The second-order valence-electron chi connectivity index (χ2n) is 13.4. The molecular formula is C26H49N3. The van der Waals surface area contributed by atoms with Gasteiger partial charge in [-0.15, -0.1) is 0 Å². The second-order valence-corrected chi connectivity index (χ2v) is 13.4. The van der Waals surface area contributed by atoms with Crippen LogP contribution in [0.15, 0.2) is 0 Å². The van der Waals surface area contributed by atoms with Crippen molar-refractivity contribution in [2.75, 3.05) is 45.8 Å². The summed E-state index contributed by atoms with van der Waals surface area (Å²) in [5, 5.41) is 0. The fraction of sp³-hybridized carbons (Fsp3) is 1.00. The zero-order valence-electron chi connectivity index (χ0n) is 20.5. The molecule has 0 bridgehead atoms. The van der Waals surface area contributed by atoms with Gasteiger partial charge in [-0.25, -0.2) is 0 Å². The van der Waals surface area contributed by atoms with Crippen LogP contribution in [0.2, 0.25) is 0 Å². The first-order chi connectivity index (χ1) is 13.5. The van der Waals surface area contributed by atoms with Gasteiger partial charge in [0.2, 0.25) is 0 Å². The quantitative estimate of drug-likeness (QED) is 0.623. The fourth-order valence-electron chi connectivity index (χ4n) is 7.08. The van der Waals surface area contributed by atoms with E-state index in [2.05, 4.69) is 56.2 Å². The molecule has 0 N–H and O–H groups in total. The highest BCUT2D eigenvalue weighted by atomic mass is 15.2. The molecule has 3 nitrogen and oxygen atoms in total. The summed E-state index contributed by atoms with van der Waals surface area (Å²) in [4.78, 5) is 8.26. The van der Waals surface area contributed by atoms with Crippen molar-refractivity contribution < 1.29 is 0 Å². The molecule has 1 saturated carbocycles. The summed E-state index contributed by atoms with van der Waals surface area (Å²) in [6, 6.07) is 0. The van der Waals surface area contributed by atoms with Gasteiger partial charge in [-0.2, -0.15) is 0 Å². The minimum absolute atomic E-state index is 0.353. The Morgan fingerprint density at radius 2 is 0.966 bits per heavy atom. The molecule has 4 rings (SSSR count). The fourth-order valence-corrected chi connectivity index (χ4v) is 7.08. The van der Waals surface area contributed by atoms with Crippen LogP contribution < -0.4 is 0 Å². The van der Waals surface area contributed by atoms with Crippen molar-refractivity contribution >= 4 is 0 Å². The van der Waals surface area contributed by atoms with Crippen LogP contribution in [0.3, 0.4) is 0 Å². The number of hydrogen-bond acceptors (Lipinski definition) is 3. The van der Waals surface area contributed by atoms with Gasteiger partial charge in [0.05, 0.1) is 0 Å². The molecule has 3 aliphatic heterocycles. The molecule has 0 amide bonds. The highest BCUT2D eigenvalue weighted by molar-refractivity contribution is 5.00. The molecule has 2 spiro atoms. The summed E-state index contributed by atoms with van der Waals surface area (Å²) >= 11 is 0. The highest BCUT2D eigenvalue weighted by Crippen LogP contribution is 2.53. The van der Waals surface area contributed by atoms with Crippen LogP contribution in [-0.2, 0) is 0 Å². The van der Waals surface area contributed by atoms with E-state index in [4.69, 9.17) is 0 Å². The summed E-state index contributed by atoms with van der Waals surface area (Å²) in [6.45, 7) is 23.7. The van der Waals surface area contributed by atoms with Gasteiger partial charge in [0.25, 0.3) is 0 Å². The van der Waals surface area contributed by atoms with Gasteiger partial charge < -0.3 is 4.90 Å². The average molecular weight is 404 g/mol.